The van der Waals surface area contributed by atoms with Gasteiger partial charge in [0, 0.05) is 37.3 Å². The van der Waals surface area contributed by atoms with Crippen molar-refractivity contribution in [2.24, 2.45) is 0 Å². The van der Waals surface area contributed by atoms with Gasteiger partial charge in [-0.25, -0.2) is 9.48 Å². The van der Waals surface area contributed by atoms with Crippen molar-refractivity contribution in [1.29, 1.82) is 0 Å². The summed E-state index contributed by atoms with van der Waals surface area (Å²) < 4.78 is 90.6. The summed E-state index contributed by atoms with van der Waals surface area (Å²) in [5.74, 6) is -5.90. The molecule has 0 bridgehead atoms. The van der Waals surface area contributed by atoms with Gasteiger partial charge in [-0.05, 0) is 30.3 Å². The number of benzene rings is 2. The van der Waals surface area contributed by atoms with Crippen LogP contribution in [0.15, 0.2) is 48.7 Å². The number of hydrogen-bond acceptors (Lipinski definition) is 10. The molecule has 266 valence electrons. The van der Waals surface area contributed by atoms with Gasteiger partial charge in [0.1, 0.15) is 24.0 Å². The van der Waals surface area contributed by atoms with Crippen LogP contribution in [0, 0.1) is 0 Å². The lowest BCUT2D eigenvalue weighted by molar-refractivity contribution is -0.303. The average molecular weight is 706 g/mol. The van der Waals surface area contributed by atoms with Gasteiger partial charge in [0.25, 0.3) is 11.7 Å². The van der Waals surface area contributed by atoms with Gasteiger partial charge in [-0.3, -0.25) is 9.59 Å². The van der Waals surface area contributed by atoms with Gasteiger partial charge in [-0.15, -0.1) is 5.10 Å². The molecule has 2 amide bonds. The highest BCUT2D eigenvalue weighted by Gasteiger charge is 2.55. The van der Waals surface area contributed by atoms with Crippen molar-refractivity contribution >= 4 is 23.5 Å². The molecular formula is C29H29F6N5O9. The summed E-state index contributed by atoms with van der Waals surface area (Å²) in [6.45, 7) is 0.664. The number of anilines is 1. The number of hydrogen-bond donors (Lipinski definition) is 6. The maximum atomic E-state index is 13.2. The summed E-state index contributed by atoms with van der Waals surface area (Å²) >= 11 is 0. The Hall–Kier alpha value is -4.63. The molecule has 0 saturated carbocycles. The first-order valence-corrected chi connectivity index (χ1v) is 14.1. The quantitative estimate of drug-likeness (QED) is 0.168. The van der Waals surface area contributed by atoms with Crippen LogP contribution in [0.4, 0.5) is 32.0 Å². The number of methoxy groups -OCH3 is 1. The van der Waals surface area contributed by atoms with Crippen molar-refractivity contribution in [3.05, 3.63) is 65.4 Å². The number of carbonyl (C=O) groups excluding carboxylic acids is 2. The van der Waals surface area contributed by atoms with Crippen LogP contribution in [0.5, 0.6) is 0 Å². The molecule has 2 aromatic carbocycles. The highest BCUT2D eigenvalue weighted by atomic mass is 19.4. The van der Waals surface area contributed by atoms with E-state index in [4.69, 9.17) is 9.47 Å². The van der Waals surface area contributed by atoms with Gasteiger partial charge >= 0.3 is 18.3 Å². The zero-order valence-corrected chi connectivity index (χ0v) is 25.4. The number of nitrogens with zero attached hydrogens (tertiary/aromatic N) is 3. The standard InChI is InChI=1S/C29H29F6N5O9/c1-13(41)36-22-20(42)10-27(48-2,26(46)47)49-24(22)23(44)21(43)12-40-11-19(38-39-40)14-3-5-18(6-4-14)37-25(45)15-7-16(28(30,31)32)9-17(8-15)29(33,34)35/h3-9,11,20-24,42-44H,10,12H2,1-2H3,(H,36,41)(H,37,45)(H,46,47)/t20-,21+,22+,23+,24?,27+/m0/s1. The van der Waals surface area contributed by atoms with Crippen LogP contribution in [0.2, 0.25) is 0 Å². The van der Waals surface area contributed by atoms with E-state index in [0.29, 0.717) is 17.7 Å². The molecule has 3 aromatic rings. The van der Waals surface area contributed by atoms with Gasteiger partial charge < -0.3 is 40.5 Å². The van der Waals surface area contributed by atoms with Gasteiger partial charge in [0.2, 0.25) is 5.91 Å². The second-order valence-electron chi connectivity index (χ2n) is 11.1. The third-order valence-electron chi connectivity index (χ3n) is 7.53. The fourth-order valence-corrected chi connectivity index (χ4v) is 5.07. The fourth-order valence-electron chi connectivity index (χ4n) is 5.07. The van der Waals surface area contributed by atoms with E-state index in [-0.39, 0.29) is 17.4 Å². The van der Waals surface area contributed by atoms with E-state index in [1.807, 2.05) is 0 Å². The Labute approximate surface area is 272 Å². The molecule has 1 unspecified atom stereocenters. The Morgan fingerprint density at radius 1 is 1.06 bits per heavy atom. The predicted octanol–water partition coefficient (Wildman–Crippen LogP) is 2.04. The zero-order valence-electron chi connectivity index (χ0n) is 25.4. The molecule has 6 atom stereocenters. The van der Waals surface area contributed by atoms with E-state index in [2.05, 4.69) is 20.9 Å². The number of aromatic nitrogens is 3. The summed E-state index contributed by atoms with van der Waals surface area (Å²) in [5, 5.41) is 54.3. The number of ether oxygens (including phenoxy) is 2. The fraction of sp³-hybridized carbons (Fsp3) is 0.414. The molecule has 6 N–H and O–H groups in total. The first-order chi connectivity index (χ1) is 22.7. The summed E-state index contributed by atoms with van der Waals surface area (Å²) in [5.41, 5.74) is -3.60. The average Bonchev–Trinajstić information content (AvgIpc) is 3.48. The van der Waals surface area contributed by atoms with Crippen molar-refractivity contribution < 1.29 is 70.6 Å². The van der Waals surface area contributed by atoms with Crippen LogP contribution >= 0.6 is 0 Å². The highest BCUT2D eigenvalue weighted by molar-refractivity contribution is 6.04. The van der Waals surface area contributed by atoms with Gasteiger partial charge in [0.05, 0.1) is 36.0 Å². The monoisotopic (exact) mass is 705 g/mol. The molecule has 0 radical (unpaired) electrons. The van der Waals surface area contributed by atoms with E-state index < -0.39 is 96.0 Å². The van der Waals surface area contributed by atoms with E-state index in [1.54, 1.807) is 0 Å². The maximum Gasteiger partial charge on any atom is 0.416 e. The lowest BCUT2D eigenvalue weighted by Crippen LogP contribution is -2.67. The molecule has 49 heavy (non-hydrogen) atoms. The molecule has 0 spiro atoms. The number of aliphatic hydroxyl groups is 3. The smallest absolute Gasteiger partial charge is 0.416 e. The second kappa shape index (κ2) is 14.1. The maximum absolute atomic E-state index is 13.2. The molecule has 1 fully saturated rings. The van der Waals surface area contributed by atoms with E-state index in [9.17, 15) is 61.2 Å². The number of aliphatic hydroxyl groups excluding tert-OH is 3. The Morgan fingerprint density at radius 3 is 2.16 bits per heavy atom. The van der Waals surface area contributed by atoms with Crippen molar-refractivity contribution in [3.8, 4) is 11.3 Å². The number of rotatable bonds is 10. The van der Waals surface area contributed by atoms with Crippen LogP contribution < -0.4 is 10.6 Å². The van der Waals surface area contributed by atoms with E-state index in [0.717, 1.165) is 18.7 Å². The predicted molar refractivity (Wildman–Crippen MR) is 152 cm³/mol. The number of amides is 2. The van der Waals surface area contributed by atoms with Gasteiger partial charge in [0.15, 0.2) is 0 Å². The summed E-state index contributed by atoms with van der Waals surface area (Å²) in [4.78, 5) is 36.2. The second-order valence-corrected chi connectivity index (χ2v) is 11.1. The molecule has 2 heterocycles. The van der Waals surface area contributed by atoms with Crippen LogP contribution in [0.25, 0.3) is 11.3 Å². The molecule has 4 rings (SSSR count). The lowest BCUT2D eigenvalue weighted by Gasteiger charge is -2.46. The minimum absolute atomic E-state index is 0.0162. The van der Waals surface area contributed by atoms with Crippen LogP contribution in [-0.2, 0) is 38.0 Å². The number of carboxylic acid groups (broad SMARTS) is 1. The molecule has 1 aliphatic heterocycles. The van der Waals surface area contributed by atoms with Crippen molar-refractivity contribution in [2.75, 3.05) is 12.4 Å². The third-order valence-corrected chi connectivity index (χ3v) is 7.53. The minimum Gasteiger partial charge on any atom is -0.477 e. The summed E-state index contributed by atoms with van der Waals surface area (Å²) in [7, 11) is 1.00. The topological polar surface area (TPSA) is 205 Å². The van der Waals surface area contributed by atoms with E-state index >= 15 is 0 Å². The molecule has 1 aromatic heterocycles. The first kappa shape index (κ1) is 37.2. The Morgan fingerprint density at radius 2 is 1.65 bits per heavy atom. The van der Waals surface area contributed by atoms with Crippen molar-refractivity contribution in [2.45, 2.75) is 68.5 Å². The number of halogens is 6. The van der Waals surface area contributed by atoms with E-state index in [1.165, 1.54) is 30.5 Å². The molecule has 14 nitrogen and oxygen atoms in total. The summed E-state index contributed by atoms with van der Waals surface area (Å²) in [6.07, 6.45) is -16.4. The SMILES string of the molecule is CO[C@]1(C(=O)O)C[C@H](O)[C@@H](NC(C)=O)C([C@H](O)[C@H](O)Cn2cc(-c3ccc(NC(=O)c4cc(C(F)(F)F)cc(C(F)(F)F)c4)cc3)nn2)O1. The highest BCUT2D eigenvalue weighted by Crippen LogP contribution is 2.37. The van der Waals surface area contributed by atoms with Gasteiger partial charge in [-0.2, -0.15) is 26.3 Å². The zero-order chi connectivity index (χ0) is 36.5. The number of alkyl halides is 6. The molecule has 20 heteroatoms. The summed E-state index contributed by atoms with van der Waals surface area (Å²) in [6, 6.07) is 4.54. The Bertz CT molecular complexity index is 1650. The van der Waals surface area contributed by atoms with Crippen LogP contribution in [-0.4, -0.2) is 96.6 Å². The minimum atomic E-state index is -5.14. The molecular weight excluding hydrogens is 676 g/mol. The van der Waals surface area contributed by atoms with Crippen molar-refractivity contribution in [1.82, 2.24) is 20.3 Å². The van der Waals surface area contributed by atoms with Crippen LogP contribution in [0.1, 0.15) is 34.8 Å². The first-order valence-electron chi connectivity index (χ1n) is 14.1. The number of nitrogens with one attached hydrogen (secondary N) is 2. The Balaban J connectivity index is 1.46. The van der Waals surface area contributed by atoms with Gasteiger partial charge in [-0.1, -0.05) is 17.3 Å². The molecule has 0 aliphatic carbocycles. The van der Waals surface area contributed by atoms with Crippen LogP contribution in [0.3, 0.4) is 0 Å². The third kappa shape index (κ3) is 8.51. The largest absolute Gasteiger partial charge is 0.477 e. The van der Waals surface area contributed by atoms with Crippen molar-refractivity contribution in [3.63, 3.8) is 0 Å². The lowest BCUT2D eigenvalue weighted by atomic mass is 9.88. The number of carbonyl (C=O) groups is 3. The molecule has 1 saturated heterocycles. The number of aliphatic carboxylic acids is 1. The normalized spacial score (nSPS) is 22.6. The number of carboxylic acids is 1. The Kier molecular flexibility index (Phi) is 10.7. The molecule has 1 aliphatic rings.